The van der Waals surface area contributed by atoms with Gasteiger partial charge in [-0.3, -0.25) is 0 Å². The molecule has 29 heavy (non-hydrogen) atoms. The third-order valence-corrected chi connectivity index (χ3v) is 10.7. The van der Waals surface area contributed by atoms with Crippen LogP contribution < -0.4 is 15.1 Å². The molecule has 0 fully saturated rings. The Kier molecular flexibility index (Phi) is 6.67. The zero-order valence-electron chi connectivity index (χ0n) is 16.4. The fourth-order valence-electron chi connectivity index (χ4n) is 3.75. The molecule has 0 radical (unpaired) electrons. The summed E-state index contributed by atoms with van der Waals surface area (Å²) in [4.78, 5) is 2.29. The van der Waals surface area contributed by atoms with E-state index in [9.17, 15) is 4.57 Å². The second-order valence-electron chi connectivity index (χ2n) is 7.19. The van der Waals surface area contributed by atoms with Gasteiger partial charge >= 0.3 is 180 Å². The molecule has 0 amide bonds. The first-order chi connectivity index (χ1) is 14.3. The van der Waals surface area contributed by atoms with E-state index in [1.807, 2.05) is 66.7 Å². The average Bonchev–Trinajstić information content (AvgIpc) is 2.81. The predicted octanol–water partition coefficient (Wildman–Crippen LogP) is 5.37. The number of benzene rings is 3. The van der Waals surface area contributed by atoms with Crippen molar-refractivity contribution in [2.45, 2.75) is 25.7 Å². The van der Waals surface area contributed by atoms with Gasteiger partial charge in [0.2, 0.25) is 0 Å². The maximum absolute atomic E-state index is 14.9. The van der Waals surface area contributed by atoms with Gasteiger partial charge in [-0.15, -0.1) is 0 Å². The van der Waals surface area contributed by atoms with Crippen LogP contribution in [-0.2, 0) is 4.57 Å². The molecule has 1 nitrogen and oxygen atoms in total. The summed E-state index contributed by atoms with van der Waals surface area (Å²) < 4.78 is 16.2. The Morgan fingerprint density at radius 2 is 1.31 bits per heavy atom. The van der Waals surface area contributed by atoms with E-state index in [2.05, 4.69) is 35.3 Å². The minimum absolute atomic E-state index is 0.133. The second-order valence-corrected chi connectivity index (χ2v) is 11.9. The summed E-state index contributed by atoms with van der Waals surface area (Å²) in [6.45, 7) is 0. The second kappa shape index (κ2) is 9.59. The molecule has 0 N–H and O–H groups in total. The molecule has 0 aromatic heterocycles. The van der Waals surface area contributed by atoms with E-state index in [1.54, 1.807) is 0 Å². The molecule has 3 aromatic rings. The number of hydrogen-bond donors (Lipinski definition) is 0. The molecule has 3 heteroatoms. The number of rotatable bonds is 6. The van der Waals surface area contributed by atoms with Crippen LogP contribution in [0.15, 0.2) is 113 Å². The van der Waals surface area contributed by atoms with Crippen LogP contribution in [0, 0.1) is 0 Å². The predicted molar refractivity (Wildman–Crippen MR) is 126 cm³/mol. The zero-order chi connectivity index (χ0) is 19.9. The SMILES string of the molecule is O=P(/C(=C/[Se]c1ccccc1)C1=CCCCC1)(c1ccccc1)c1ccccc1. The minimum atomic E-state index is -2.93. The van der Waals surface area contributed by atoms with Crippen molar-refractivity contribution in [3.63, 3.8) is 0 Å². The number of allylic oxidation sites excluding steroid dienone is 3. The van der Waals surface area contributed by atoms with Gasteiger partial charge < -0.3 is 0 Å². The Labute approximate surface area is 180 Å². The first kappa shape index (κ1) is 20.2. The van der Waals surface area contributed by atoms with Crippen LogP contribution in [-0.4, -0.2) is 15.0 Å². The molecule has 4 rings (SSSR count). The molecule has 0 saturated heterocycles. The summed E-state index contributed by atoms with van der Waals surface area (Å²) in [5, 5.41) is 2.90. The molecule has 0 aliphatic heterocycles. The van der Waals surface area contributed by atoms with Gasteiger partial charge in [0.15, 0.2) is 0 Å². The summed E-state index contributed by atoms with van der Waals surface area (Å²) in [5.74, 6) is 0. The third kappa shape index (κ3) is 4.57. The van der Waals surface area contributed by atoms with E-state index in [0.29, 0.717) is 0 Å². The molecule has 0 spiro atoms. The van der Waals surface area contributed by atoms with E-state index < -0.39 is 7.14 Å². The fourth-order valence-corrected chi connectivity index (χ4v) is 9.25. The monoisotopic (exact) mass is 464 g/mol. The van der Waals surface area contributed by atoms with Crippen LogP contribution in [0.5, 0.6) is 0 Å². The van der Waals surface area contributed by atoms with E-state index >= 15 is 0 Å². The Bertz CT molecular complexity index is 996. The van der Waals surface area contributed by atoms with Crippen LogP contribution >= 0.6 is 7.14 Å². The Balaban J connectivity index is 1.89. The van der Waals surface area contributed by atoms with E-state index in [0.717, 1.165) is 28.8 Å². The van der Waals surface area contributed by atoms with Gasteiger partial charge in [0, 0.05) is 0 Å². The maximum atomic E-state index is 14.9. The molecule has 0 unspecified atom stereocenters. The van der Waals surface area contributed by atoms with Crippen LogP contribution in [0.1, 0.15) is 25.7 Å². The normalized spacial score (nSPS) is 15.0. The van der Waals surface area contributed by atoms with E-state index in [1.165, 1.54) is 22.9 Å². The van der Waals surface area contributed by atoms with Gasteiger partial charge in [-0.25, -0.2) is 0 Å². The first-order valence-corrected chi connectivity index (χ1v) is 13.7. The molecule has 1 aliphatic rings. The van der Waals surface area contributed by atoms with Gasteiger partial charge in [-0.05, 0) is 0 Å². The summed E-state index contributed by atoms with van der Waals surface area (Å²) in [6, 6.07) is 30.6. The Morgan fingerprint density at radius 3 is 1.83 bits per heavy atom. The van der Waals surface area contributed by atoms with Crippen molar-refractivity contribution < 1.29 is 4.57 Å². The van der Waals surface area contributed by atoms with Gasteiger partial charge in [-0.2, -0.15) is 0 Å². The van der Waals surface area contributed by atoms with Crippen LogP contribution in [0.3, 0.4) is 0 Å². The van der Waals surface area contributed by atoms with E-state index in [-0.39, 0.29) is 15.0 Å². The van der Waals surface area contributed by atoms with Gasteiger partial charge in [0.1, 0.15) is 0 Å². The van der Waals surface area contributed by atoms with Crippen LogP contribution in [0.2, 0.25) is 0 Å². The van der Waals surface area contributed by atoms with Crippen LogP contribution in [0.25, 0.3) is 0 Å². The molecular weight excluding hydrogens is 438 g/mol. The standard InChI is InChI=1S/C26H25OPSe/c27-28(23-15-7-2-8-16-23,24-17-9-3-10-18-24)26(22-13-5-1-6-14-22)21-29-25-19-11-4-12-20-25/h2-4,7-13,15-21H,1,5-6,14H2/b26-21+. The van der Waals surface area contributed by atoms with Crippen LogP contribution in [0.4, 0.5) is 0 Å². The average molecular weight is 463 g/mol. The molecule has 0 heterocycles. The van der Waals surface area contributed by atoms with E-state index in [4.69, 9.17) is 0 Å². The van der Waals surface area contributed by atoms with Gasteiger partial charge in [0.05, 0.1) is 0 Å². The topological polar surface area (TPSA) is 17.1 Å². The molecule has 1 aliphatic carbocycles. The summed E-state index contributed by atoms with van der Waals surface area (Å²) in [5.41, 5.74) is 1.28. The molecule has 146 valence electrons. The van der Waals surface area contributed by atoms with Crippen molar-refractivity contribution in [3.05, 3.63) is 113 Å². The Hall–Kier alpha value is -2.11. The molecule has 0 atom stereocenters. The molecule has 0 bridgehead atoms. The summed E-state index contributed by atoms with van der Waals surface area (Å²) >= 11 is 0.133. The quantitative estimate of drug-likeness (QED) is 0.355. The van der Waals surface area contributed by atoms with Crippen molar-refractivity contribution >= 4 is 37.2 Å². The third-order valence-electron chi connectivity index (χ3n) is 5.25. The molecule has 3 aromatic carbocycles. The van der Waals surface area contributed by atoms with Gasteiger partial charge in [-0.1, -0.05) is 0 Å². The Morgan fingerprint density at radius 1 is 0.759 bits per heavy atom. The van der Waals surface area contributed by atoms with Gasteiger partial charge in [0.25, 0.3) is 0 Å². The van der Waals surface area contributed by atoms with Crippen molar-refractivity contribution in [2.75, 3.05) is 0 Å². The fraction of sp³-hybridized carbons (Fsp3) is 0.154. The summed E-state index contributed by atoms with van der Waals surface area (Å²) in [6.07, 6.45) is 6.82. The zero-order valence-corrected chi connectivity index (χ0v) is 19.0. The molecular formula is C26H25OPSe. The van der Waals surface area contributed by atoms with Crippen molar-refractivity contribution in [3.8, 4) is 0 Å². The summed E-state index contributed by atoms with van der Waals surface area (Å²) in [7, 11) is -2.93. The molecule has 0 saturated carbocycles. The van der Waals surface area contributed by atoms with Crippen molar-refractivity contribution in [2.24, 2.45) is 0 Å². The first-order valence-electron chi connectivity index (χ1n) is 10.1. The van der Waals surface area contributed by atoms with Crippen molar-refractivity contribution in [1.82, 2.24) is 0 Å². The van der Waals surface area contributed by atoms with Crippen molar-refractivity contribution in [1.29, 1.82) is 0 Å². The number of hydrogen-bond acceptors (Lipinski definition) is 1.